The van der Waals surface area contributed by atoms with Crippen LogP contribution in [-0.2, 0) is 47.9 Å². The van der Waals surface area contributed by atoms with Crippen molar-refractivity contribution in [2.45, 2.75) is 161 Å². The number of hydrogen-bond donors (Lipinski definition) is 16. The van der Waals surface area contributed by atoms with Gasteiger partial charge in [0.1, 0.15) is 36.0 Å². The van der Waals surface area contributed by atoms with Crippen LogP contribution in [0.1, 0.15) is 162 Å². The topological polar surface area (TPSA) is 581 Å². The molecule has 43 heteroatoms. The minimum atomic E-state index is -1.78. The second kappa shape index (κ2) is 54.7. The number of halogens is 5. The van der Waals surface area contributed by atoms with Gasteiger partial charge in [-0.1, -0.05) is 20.8 Å². The Morgan fingerprint density at radius 1 is 0.453 bits per heavy atom. The Morgan fingerprint density at radius 2 is 0.795 bits per heavy atom. The van der Waals surface area contributed by atoms with Crippen LogP contribution in [0.5, 0.6) is 5.75 Å². The van der Waals surface area contributed by atoms with Crippen molar-refractivity contribution >= 4 is 101 Å². The highest BCUT2D eigenvalue weighted by atomic mass is 19.2. The van der Waals surface area contributed by atoms with E-state index in [1.165, 1.54) is 51.0 Å². The summed E-state index contributed by atoms with van der Waals surface area (Å²) in [5.74, 6) is -21.4. The first-order valence-electron chi connectivity index (χ1n) is 36.7. The Balaban J connectivity index is 0.00000151. The zero-order valence-corrected chi connectivity index (χ0v) is 66.7. The molecule has 0 saturated heterocycles. The number of aliphatic carboxylic acids is 8. The van der Waals surface area contributed by atoms with Gasteiger partial charge >= 0.3 is 65.8 Å². The molecule has 4 rings (SSSR count). The van der Waals surface area contributed by atoms with Crippen LogP contribution in [0.15, 0.2) is 61.1 Å². The molecule has 0 spiro atoms. The lowest BCUT2D eigenvalue weighted by Crippen LogP contribution is -2.51. The Hall–Kier alpha value is -12.0. The zero-order valence-electron chi connectivity index (χ0n) is 66.7. The number of rotatable bonds is 45. The lowest BCUT2D eigenvalue weighted by molar-refractivity contribution is -0.368. The summed E-state index contributed by atoms with van der Waals surface area (Å²) in [4.78, 5) is 185. The SMILES string of the molecule is CC(=O)C(CCC(=O)O)CC(=O)NC(CCCCNC(=O)c1ccc([18F])nc1)C(=O)O.CCN(CC)CC.C[N+](C)(C)c1ccc(C(=O)NCCCCC(NC(=O)NC(CCC(=O)O)C(=O)O)C(=O)O)cn1.C[N+](C)(C)c1ccc(C(=O)Oc2c(F)c(F)cc(F)c2F)cn1.[NH3+]CCCCC(NC(=O)NC(CCC(=O)O)C(=O)O)C(=O)O. The largest absolute Gasteiger partial charge is 0.481 e. The van der Waals surface area contributed by atoms with Gasteiger partial charge in [-0.25, -0.2) is 62.1 Å². The van der Waals surface area contributed by atoms with E-state index >= 15 is 0 Å². The Morgan fingerprint density at radius 3 is 1.10 bits per heavy atom. The molecule has 6 unspecified atom stereocenters. The van der Waals surface area contributed by atoms with Crippen molar-refractivity contribution in [1.29, 1.82) is 0 Å². The fourth-order valence-corrected chi connectivity index (χ4v) is 9.64. The fourth-order valence-electron chi connectivity index (χ4n) is 9.64. The van der Waals surface area contributed by atoms with E-state index < -0.39 is 162 Å². The number of ether oxygens (including phenoxy) is 1. The number of carbonyl (C=O) groups is 15. The second-order valence-corrected chi connectivity index (χ2v) is 27.4. The quantitative estimate of drug-likeness (QED) is 0.00559. The number of pyridine rings is 3. The van der Waals surface area contributed by atoms with Gasteiger partial charge in [0.05, 0.1) is 65.5 Å². The molecule has 6 atom stereocenters. The number of hydrogen-bond acceptors (Lipinski definition) is 20. The van der Waals surface area contributed by atoms with E-state index in [1.54, 1.807) is 12.1 Å². The number of carboxylic acids is 8. The number of benzene rings is 1. The molecule has 18 N–H and O–H groups in total. The molecule has 0 aliphatic carbocycles. The minimum absolute atomic E-state index is 0.000895. The standard InChI is InChI=1S/C21H31N5O8.C20H26FN3O7.C15H13F4N2O2.C12H21N3O7.C6H15N/c1-26(2,3)16-9-7-13(12-23-16)18(29)22-11-5-4-6-14(19(30)31)24-21(34)25-15(20(32)33)8-10-17(27)28;1-12(25)13(6-8-18(27)28)10-17(26)24-15(20(30)31)4-2-3-9-22-19(29)14-5-7-16(21)23-11-14;1-21(2,3)11-5-4-8(7-20-11)15(22)23-14-12(18)9(16)6-10(17)13(14)19;13-6-2-1-3-7(10(18)19)14-12(22)15-8(11(20)21)4-5-9(16)17;1-4-7(5-2)6-3/h7,9,12,14-15H,4-6,8,10-11H2,1-3H3,(H5-,22,24,25,27,28,29,30,31,32,33,34);5,7,11,13,15H,2-4,6,8-10H2,1H3,(H,22,29)(H,24,26)(H,27,28)(H,30,31);4-7H,1-3H3;7-8H,1-6,13H2,(H,16,17)(H,18,19)(H,20,21)(H2,14,15,22);4-6H2,1-3H3/q;;+1;;/p+2/i;21-1;;;. The molecule has 0 radical (unpaired) electrons. The van der Waals surface area contributed by atoms with Gasteiger partial charge in [-0.3, -0.25) is 42.5 Å². The van der Waals surface area contributed by atoms with E-state index in [4.69, 9.17) is 30.6 Å². The molecule has 0 bridgehead atoms. The van der Waals surface area contributed by atoms with E-state index in [9.17, 15) is 104 Å². The van der Waals surface area contributed by atoms with Gasteiger partial charge in [-0.15, -0.1) is 0 Å². The third kappa shape index (κ3) is 44.5. The zero-order chi connectivity index (χ0) is 89.5. The normalized spacial score (nSPS) is 12.3. The number of ketones is 1. The second-order valence-electron chi connectivity index (χ2n) is 27.4. The van der Waals surface area contributed by atoms with Gasteiger partial charge in [-0.2, -0.15) is 13.2 Å². The summed E-state index contributed by atoms with van der Waals surface area (Å²) in [5.41, 5.74) is 4.09. The van der Waals surface area contributed by atoms with Gasteiger partial charge in [0.15, 0.2) is 11.6 Å². The van der Waals surface area contributed by atoms with Crippen molar-refractivity contribution in [3.05, 3.63) is 107 Å². The summed E-state index contributed by atoms with van der Waals surface area (Å²) in [7, 11) is 11.4. The third-order valence-corrected chi connectivity index (χ3v) is 16.4. The molecule has 0 aliphatic heterocycles. The molecule has 0 saturated carbocycles. The monoisotopic (exact) mass is 1670 g/mol. The van der Waals surface area contributed by atoms with Crippen LogP contribution in [0.2, 0.25) is 0 Å². The van der Waals surface area contributed by atoms with Gasteiger partial charge in [0, 0.05) is 81.5 Å². The predicted octanol–water partition coefficient (Wildman–Crippen LogP) is 4.27. The highest BCUT2D eigenvalue weighted by Crippen LogP contribution is 2.28. The maximum absolute atomic E-state index is 13.5. The van der Waals surface area contributed by atoms with Gasteiger partial charge in [-0.05, 0) is 128 Å². The summed E-state index contributed by atoms with van der Waals surface area (Å²) in [5, 5.41) is 87.5. The molecule has 3 heterocycles. The van der Waals surface area contributed by atoms with Crippen LogP contribution in [0.3, 0.4) is 0 Å². The van der Waals surface area contributed by atoms with Crippen molar-refractivity contribution in [3.63, 3.8) is 0 Å². The molecule has 117 heavy (non-hydrogen) atoms. The molecule has 4 aromatic rings. The predicted molar refractivity (Wildman–Crippen MR) is 408 cm³/mol. The number of esters is 1. The average Bonchev–Trinajstić information content (AvgIpc) is 0.812. The molecule has 0 aliphatic rings. The van der Waals surface area contributed by atoms with E-state index in [1.807, 2.05) is 42.3 Å². The Labute approximate surface area is 670 Å². The van der Waals surface area contributed by atoms with Gasteiger partial charge < -0.3 is 93.4 Å². The summed E-state index contributed by atoms with van der Waals surface area (Å²) in [6.45, 7) is 12.6. The number of quaternary nitrogens is 3. The molecular formula is C74H108F5N14O24+3. The van der Waals surface area contributed by atoms with Crippen LogP contribution < -0.4 is 56.7 Å². The summed E-state index contributed by atoms with van der Waals surface area (Å²) < 4.78 is 71.1. The maximum Gasteiger partial charge on any atom is 0.345 e. The molecule has 1 aromatic carbocycles. The van der Waals surface area contributed by atoms with Crippen LogP contribution in [0.25, 0.3) is 0 Å². The van der Waals surface area contributed by atoms with Crippen molar-refractivity contribution in [2.24, 2.45) is 5.92 Å². The van der Waals surface area contributed by atoms with Crippen molar-refractivity contribution in [2.75, 3.05) is 81.6 Å². The van der Waals surface area contributed by atoms with E-state index in [0.29, 0.717) is 65.4 Å². The lowest BCUT2D eigenvalue weighted by Gasteiger charge is -2.21. The maximum atomic E-state index is 13.5. The smallest absolute Gasteiger partial charge is 0.345 e. The van der Waals surface area contributed by atoms with Crippen LogP contribution in [-0.4, -0.2) is 262 Å². The number of unbranched alkanes of at least 4 members (excludes halogenated alkanes) is 3. The van der Waals surface area contributed by atoms with E-state index in [0.717, 1.165) is 24.3 Å². The number of urea groups is 2. The fraction of sp³-hybridized carbons (Fsp3) is 0.514. The average molecular weight is 1670 g/mol. The Kier molecular flexibility index (Phi) is 49.1. The first-order chi connectivity index (χ1) is 54.6. The van der Waals surface area contributed by atoms with Crippen molar-refractivity contribution in [3.8, 4) is 5.75 Å². The number of Topliss-reactive ketones (excluding diaryl/α,β-unsaturated/α-hetero) is 1. The Bertz CT molecular complexity index is 3900. The first kappa shape index (κ1) is 105. The number of aromatic nitrogens is 3. The third-order valence-electron chi connectivity index (χ3n) is 16.4. The molecule has 7 amide bonds. The van der Waals surface area contributed by atoms with Crippen molar-refractivity contribution in [1.82, 2.24) is 66.0 Å². The molecular weight excluding hydrogens is 1560 g/mol. The number of nitrogens with one attached hydrogen (secondary N) is 7. The van der Waals surface area contributed by atoms with Gasteiger partial charge in [0.25, 0.3) is 11.8 Å². The van der Waals surface area contributed by atoms with Crippen LogP contribution >= 0.6 is 0 Å². The van der Waals surface area contributed by atoms with Crippen LogP contribution in [0.4, 0.5) is 43.2 Å². The first-order valence-corrected chi connectivity index (χ1v) is 36.7. The molecule has 3 aromatic heterocycles. The van der Waals surface area contributed by atoms with Crippen molar-refractivity contribution < 1.29 is 145 Å². The number of carbonyl (C=O) groups excluding carboxylic acids is 7. The molecule has 650 valence electrons. The summed E-state index contributed by atoms with van der Waals surface area (Å²) in [6.07, 6.45) is 4.89. The van der Waals surface area contributed by atoms with Crippen LogP contribution in [0, 0.1) is 35.1 Å². The lowest BCUT2D eigenvalue weighted by atomic mass is 9.95. The molecule has 38 nitrogen and oxygen atoms in total. The minimum Gasteiger partial charge on any atom is -0.481 e. The van der Waals surface area contributed by atoms with E-state index in [2.05, 4.69) is 88.3 Å². The number of carboxylic acid groups (broad SMARTS) is 8. The van der Waals surface area contributed by atoms with Gasteiger partial charge in [0.2, 0.25) is 40.9 Å². The van der Waals surface area contributed by atoms with E-state index in [-0.39, 0.29) is 93.3 Å². The molecule has 0 fully saturated rings. The number of amides is 7. The highest BCUT2D eigenvalue weighted by molar-refractivity contribution is 5.95. The number of nitrogens with zero attached hydrogens (tertiary/aromatic N) is 6. The summed E-state index contributed by atoms with van der Waals surface area (Å²) in [6, 6.07) is 0.236. The highest BCUT2D eigenvalue weighted by Gasteiger charge is 2.30. The summed E-state index contributed by atoms with van der Waals surface area (Å²) >= 11 is 0.